The van der Waals surface area contributed by atoms with Gasteiger partial charge in [-0.05, 0) is 59.3 Å². The van der Waals surface area contributed by atoms with E-state index in [9.17, 15) is 4.79 Å². The van der Waals surface area contributed by atoms with Crippen LogP contribution in [0.1, 0.15) is 21.5 Å². The van der Waals surface area contributed by atoms with Crippen LogP contribution in [0, 0.1) is 9.81 Å². The summed E-state index contributed by atoms with van der Waals surface area (Å²) in [5.74, 6) is 0.872. The van der Waals surface area contributed by atoms with Gasteiger partial charge in [-0.1, -0.05) is 0 Å². The van der Waals surface area contributed by atoms with E-state index < -0.39 is 0 Å². The topological polar surface area (TPSA) is 26.3 Å². The van der Waals surface area contributed by atoms with E-state index in [1.54, 1.807) is 24.5 Å². The molecule has 1 aromatic carbocycles. The maximum Gasteiger partial charge on any atom is 0.193 e. The van der Waals surface area contributed by atoms with Crippen LogP contribution in [-0.4, -0.2) is 12.9 Å². The van der Waals surface area contributed by atoms with E-state index in [4.69, 9.17) is 4.74 Å². The van der Waals surface area contributed by atoms with Gasteiger partial charge in [0.1, 0.15) is 5.75 Å². The molecule has 2 nitrogen and oxygen atoms in total. The third kappa shape index (κ3) is 2.69. The summed E-state index contributed by atoms with van der Waals surface area (Å²) in [6.45, 7) is 1.94. The monoisotopic (exact) mass is 358 g/mol. The quantitative estimate of drug-likeness (QED) is 0.615. The van der Waals surface area contributed by atoms with E-state index in [1.165, 1.54) is 0 Å². The van der Waals surface area contributed by atoms with Crippen LogP contribution >= 0.6 is 33.9 Å². The number of ether oxygens (including phenoxy) is 1. The standard InChI is InChI=1S/C13H11IO2S/c1-8-5-9(3-4-11(8)16-2)13(15)10-6-12(14)17-7-10/h3-7H,1-2H3. The lowest BCUT2D eigenvalue weighted by molar-refractivity contribution is 0.103. The number of carbonyl (C=O) groups excluding carboxylic acids is 1. The molecular weight excluding hydrogens is 347 g/mol. The molecule has 2 rings (SSSR count). The molecule has 0 unspecified atom stereocenters. The van der Waals surface area contributed by atoms with E-state index in [0.717, 1.165) is 19.8 Å². The highest BCUT2D eigenvalue weighted by Crippen LogP contribution is 2.23. The number of hydrogen-bond acceptors (Lipinski definition) is 3. The molecule has 0 saturated heterocycles. The molecule has 1 aromatic heterocycles. The fourth-order valence-electron chi connectivity index (χ4n) is 1.62. The van der Waals surface area contributed by atoms with Crippen molar-refractivity contribution in [3.8, 4) is 5.75 Å². The zero-order valence-corrected chi connectivity index (χ0v) is 12.5. The van der Waals surface area contributed by atoms with Gasteiger partial charge in [0, 0.05) is 16.5 Å². The maximum atomic E-state index is 12.2. The molecule has 17 heavy (non-hydrogen) atoms. The molecule has 0 radical (unpaired) electrons. The minimum atomic E-state index is 0.0647. The van der Waals surface area contributed by atoms with Crippen molar-refractivity contribution in [2.24, 2.45) is 0 Å². The van der Waals surface area contributed by atoms with Gasteiger partial charge in [-0.15, -0.1) is 11.3 Å². The Balaban J connectivity index is 2.35. The van der Waals surface area contributed by atoms with E-state index in [1.807, 2.05) is 30.5 Å². The Bertz CT molecular complexity index is 560. The largest absolute Gasteiger partial charge is 0.496 e. The van der Waals surface area contributed by atoms with Gasteiger partial charge >= 0.3 is 0 Å². The molecule has 0 bridgehead atoms. The predicted molar refractivity (Wildman–Crippen MR) is 78.2 cm³/mol. The molecule has 4 heteroatoms. The molecule has 0 aliphatic heterocycles. The molecular formula is C13H11IO2S. The minimum Gasteiger partial charge on any atom is -0.496 e. The first kappa shape index (κ1) is 12.6. The van der Waals surface area contributed by atoms with Crippen LogP contribution in [-0.2, 0) is 0 Å². The van der Waals surface area contributed by atoms with Gasteiger partial charge in [0.2, 0.25) is 0 Å². The lowest BCUT2D eigenvalue weighted by Gasteiger charge is -2.06. The summed E-state index contributed by atoms with van der Waals surface area (Å²) in [6, 6.07) is 7.41. The lowest BCUT2D eigenvalue weighted by atomic mass is 10.0. The first-order chi connectivity index (χ1) is 8.11. The molecule has 1 heterocycles. The van der Waals surface area contributed by atoms with Crippen molar-refractivity contribution in [3.05, 3.63) is 49.2 Å². The van der Waals surface area contributed by atoms with Crippen molar-refractivity contribution in [2.75, 3.05) is 7.11 Å². The zero-order chi connectivity index (χ0) is 12.4. The number of aryl methyl sites for hydroxylation is 1. The summed E-state index contributed by atoms with van der Waals surface area (Å²) in [4.78, 5) is 12.2. The van der Waals surface area contributed by atoms with E-state index >= 15 is 0 Å². The van der Waals surface area contributed by atoms with Gasteiger partial charge in [-0.25, -0.2) is 0 Å². The number of rotatable bonds is 3. The third-order valence-corrected chi connectivity index (χ3v) is 4.28. The Morgan fingerprint density at radius 3 is 2.59 bits per heavy atom. The van der Waals surface area contributed by atoms with Crippen LogP contribution in [0.5, 0.6) is 5.75 Å². The smallest absolute Gasteiger partial charge is 0.193 e. The van der Waals surface area contributed by atoms with Crippen molar-refractivity contribution in [3.63, 3.8) is 0 Å². The average Bonchev–Trinajstić information content (AvgIpc) is 2.75. The van der Waals surface area contributed by atoms with Crippen molar-refractivity contribution < 1.29 is 9.53 Å². The second kappa shape index (κ2) is 5.18. The second-order valence-corrected chi connectivity index (χ2v) is 6.46. The van der Waals surface area contributed by atoms with Gasteiger partial charge in [-0.2, -0.15) is 0 Å². The molecule has 0 atom stereocenters. The number of methoxy groups -OCH3 is 1. The number of thiophene rings is 1. The van der Waals surface area contributed by atoms with Crippen LogP contribution in [0.15, 0.2) is 29.6 Å². The van der Waals surface area contributed by atoms with Crippen molar-refractivity contribution in [1.82, 2.24) is 0 Å². The summed E-state index contributed by atoms with van der Waals surface area (Å²) in [5, 5.41) is 1.89. The Morgan fingerprint density at radius 1 is 1.29 bits per heavy atom. The van der Waals surface area contributed by atoms with E-state index in [-0.39, 0.29) is 5.78 Å². The Morgan fingerprint density at radius 2 is 2.06 bits per heavy atom. The van der Waals surface area contributed by atoms with Crippen molar-refractivity contribution in [2.45, 2.75) is 6.92 Å². The van der Waals surface area contributed by atoms with Gasteiger partial charge in [0.25, 0.3) is 0 Å². The summed E-state index contributed by atoms with van der Waals surface area (Å²) in [6.07, 6.45) is 0. The molecule has 0 saturated carbocycles. The summed E-state index contributed by atoms with van der Waals surface area (Å²) >= 11 is 3.80. The molecule has 0 amide bonds. The van der Waals surface area contributed by atoms with Gasteiger partial charge in [-0.3, -0.25) is 4.79 Å². The summed E-state index contributed by atoms with van der Waals surface area (Å²) in [5.41, 5.74) is 2.43. The lowest BCUT2D eigenvalue weighted by Crippen LogP contribution is -2.00. The Kier molecular flexibility index (Phi) is 3.83. The zero-order valence-electron chi connectivity index (χ0n) is 9.49. The summed E-state index contributed by atoms with van der Waals surface area (Å²) in [7, 11) is 1.63. The van der Waals surface area contributed by atoms with Gasteiger partial charge in [0.15, 0.2) is 5.78 Å². The highest BCUT2D eigenvalue weighted by molar-refractivity contribution is 14.1. The molecule has 88 valence electrons. The van der Waals surface area contributed by atoms with E-state index in [2.05, 4.69) is 22.6 Å². The predicted octanol–water partition coefficient (Wildman–Crippen LogP) is 3.90. The van der Waals surface area contributed by atoms with Gasteiger partial charge in [0.05, 0.1) is 9.99 Å². The molecule has 0 spiro atoms. The Hall–Kier alpha value is -0.880. The third-order valence-electron chi connectivity index (χ3n) is 2.49. The highest BCUT2D eigenvalue weighted by atomic mass is 127. The fraction of sp³-hybridized carbons (Fsp3) is 0.154. The van der Waals surface area contributed by atoms with E-state index in [0.29, 0.717) is 5.56 Å². The van der Waals surface area contributed by atoms with Crippen LogP contribution < -0.4 is 4.74 Å². The van der Waals surface area contributed by atoms with Crippen molar-refractivity contribution in [1.29, 1.82) is 0 Å². The average molecular weight is 358 g/mol. The number of hydrogen-bond donors (Lipinski definition) is 0. The minimum absolute atomic E-state index is 0.0647. The molecule has 0 aliphatic carbocycles. The van der Waals surface area contributed by atoms with Crippen LogP contribution in [0.4, 0.5) is 0 Å². The molecule has 0 N–H and O–H groups in total. The van der Waals surface area contributed by atoms with Crippen molar-refractivity contribution >= 4 is 39.7 Å². The number of carbonyl (C=O) groups is 1. The first-order valence-corrected chi connectivity index (χ1v) is 7.01. The number of ketones is 1. The maximum absolute atomic E-state index is 12.2. The number of benzene rings is 1. The second-order valence-electron chi connectivity index (χ2n) is 3.65. The van der Waals surface area contributed by atoms with Crippen LogP contribution in [0.25, 0.3) is 0 Å². The molecule has 2 aromatic rings. The van der Waals surface area contributed by atoms with Gasteiger partial charge < -0.3 is 4.74 Å². The SMILES string of the molecule is COc1ccc(C(=O)c2csc(I)c2)cc1C. The Labute approximate surface area is 118 Å². The summed E-state index contributed by atoms with van der Waals surface area (Å²) < 4.78 is 6.30. The highest BCUT2D eigenvalue weighted by Gasteiger charge is 2.12. The number of halogens is 1. The van der Waals surface area contributed by atoms with Crippen LogP contribution in [0.3, 0.4) is 0 Å². The van der Waals surface area contributed by atoms with Crippen LogP contribution in [0.2, 0.25) is 0 Å². The molecule has 0 aliphatic rings. The fourth-order valence-corrected chi connectivity index (χ4v) is 2.94. The molecule has 0 fully saturated rings. The first-order valence-electron chi connectivity index (χ1n) is 5.05. The normalized spacial score (nSPS) is 10.3.